The lowest BCUT2D eigenvalue weighted by Crippen LogP contribution is -2.44. The molecule has 0 radical (unpaired) electrons. The maximum absolute atomic E-state index is 10.8. The molecule has 2 atom stereocenters. The molecule has 1 N–H and O–H groups in total. The second-order valence-electron chi connectivity index (χ2n) is 3.71. The van der Waals surface area contributed by atoms with Gasteiger partial charge in [0.2, 0.25) is 0 Å². The van der Waals surface area contributed by atoms with Gasteiger partial charge in [-0.1, -0.05) is 0 Å². The highest BCUT2D eigenvalue weighted by Crippen LogP contribution is 2.20. The Bertz CT molecular complexity index is 196. The van der Waals surface area contributed by atoms with Crippen LogP contribution in [0.15, 0.2) is 0 Å². The average Bonchev–Trinajstić information content (AvgIpc) is 2.61. The minimum absolute atomic E-state index is 0.293. The second-order valence-corrected chi connectivity index (χ2v) is 3.71. The number of hydrogen-bond donors (Lipinski definition) is 1. The van der Waals surface area contributed by atoms with Gasteiger partial charge in [0.15, 0.2) is 0 Å². The minimum atomic E-state index is -0.742. The predicted molar refractivity (Wildman–Crippen MR) is 53.3 cm³/mol. The molecule has 1 aliphatic heterocycles. The van der Waals surface area contributed by atoms with Crippen LogP contribution in [0.5, 0.6) is 0 Å². The lowest BCUT2D eigenvalue weighted by molar-refractivity contribution is -0.143. The summed E-state index contributed by atoms with van der Waals surface area (Å²) in [6, 6.07) is -0.0935. The molecule has 1 heterocycles. The van der Waals surface area contributed by atoms with E-state index in [1.807, 2.05) is 11.8 Å². The molecule has 0 unspecified atom stereocenters. The van der Waals surface area contributed by atoms with Crippen molar-refractivity contribution in [1.29, 1.82) is 0 Å². The van der Waals surface area contributed by atoms with Crippen LogP contribution in [-0.2, 0) is 9.53 Å². The number of carbonyl (C=O) groups is 1. The molecule has 1 fully saturated rings. The zero-order valence-corrected chi connectivity index (χ0v) is 8.90. The van der Waals surface area contributed by atoms with E-state index in [0.717, 1.165) is 19.4 Å². The smallest absolute Gasteiger partial charge is 0.320 e. The summed E-state index contributed by atoms with van der Waals surface area (Å²) in [6.45, 7) is 5.94. The van der Waals surface area contributed by atoms with Gasteiger partial charge in [-0.15, -0.1) is 0 Å². The van der Waals surface area contributed by atoms with E-state index in [0.29, 0.717) is 19.3 Å². The van der Waals surface area contributed by atoms with Gasteiger partial charge in [-0.3, -0.25) is 9.69 Å². The Morgan fingerprint density at radius 2 is 2.43 bits per heavy atom. The number of hydrogen-bond acceptors (Lipinski definition) is 3. The Balaban J connectivity index is 2.46. The zero-order chi connectivity index (χ0) is 10.6. The van der Waals surface area contributed by atoms with Crippen molar-refractivity contribution >= 4 is 5.97 Å². The van der Waals surface area contributed by atoms with Crippen molar-refractivity contribution in [2.45, 2.75) is 38.8 Å². The fourth-order valence-corrected chi connectivity index (χ4v) is 1.94. The number of aliphatic carboxylic acids is 1. The molecule has 1 rings (SSSR count). The molecule has 14 heavy (non-hydrogen) atoms. The van der Waals surface area contributed by atoms with Gasteiger partial charge in [0, 0.05) is 12.6 Å². The number of carboxylic acids is 1. The Morgan fingerprint density at radius 1 is 1.71 bits per heavy atom. The molecule has 0 aromatic heterocycles. The summed E-state index contributed by atoms with van der Waals surface area (Å²) in [5.41, 5.74) is 0. The van der Waals surface area contributed by atoms with E-state index in [1.54, 1.807) is 6.92 Å². The summed E-state index contributed by atoms with van der Waals surface area (Å²) in [5.74, 6) is -0.742. The fraction of sp³-hybridized carbons (Fsp3) is 0.900. The highest BCUT2D eigenvalue weighted by Gasteiger charge is 2.31. The topological polar surface area (TPSA) is 49.8 Å². The maximum Gasteiger partial charge on any atom is 0.320 e. The van der Waals surface area contributed by atoms with Crippen LogP contribution in [-0.4, -0.2) is 47.8 Å². The lowest BCUT2D eigenvalue weighted by Gasteiger charge is -2.27. The van der Waals surface area contributed by atoms with Gasteiger partial charge < -0.3 is 9.84 Å². The highest BCUT2D eigenvalue weighted by molar-refractivity contribution is 5.73. The van der Waals surface area contributed by atoms with E-state index in [4.69, 9.17) is 9.84 Å². The van der Waals surface area contributed by atoms with E-state index in [2.05, 4.69) is 0 Å². The molecule has 0 amide bonds. The summed E-state index contributed by atoms with van der Waals surface area (Å²) in [7, 11) is 0. The first kappa shape index (κ1) is 11.5. The fourth-order valence-electron chi connectivity index (χ4n) is 1.94. The SMILES string of the molecule is CCOC[C@@H]1CCCN1[C@H](C)C(=O)O. The van der Waals surface area contributed by atoms with Gasteiger partial charge in [-0.05, 0) is 33.2 Å². The van der Waals surface area contributed by atoms with E-state index >= 15 is 0 Å². The first-order valence-electron chi connectivity index (χ1n) is 5.23. The van der Waals surface area contributed by atoms with Gasteiger partial charge in [0.25, 0.3) is 0 Å². The molecule has 1 aliphatic rings. The van der Waals surface area contributed by atoms with Crippen molar-refractivity contribution in [3.8, 4) is 0 Å². The standard InChI is InChI=1S/C10H19NO3/c1-3-14-7-9-5-4-6-11(9)8(2)10(12)13/h8-9H,3-7H2,1-2H3,(H,12,13)/t8-,9+/m1/s1. The summed E-state index contributed by atoms with van der Waals surface area (Å²) in [6.07, 6.45) is 2.13. The van der Waals surface area contributed by atoms with Crippen molar-refractivity contribution < 1.29 is 14.6 Å². The molecule has 0 spiro atoms. The van der Waals surface area contributed by atoms with Crippen molar-refractivity contribution in [3.63, 3.8) is 0 Å². The summed E-state index contributed by atoms with van der Waals surface area (Å²) >= 11 is 0. The van der Waals surface area contributed by atoms with E-state index in [1.165, 1.54) is 0 Å². The van der Waals surface area contributed by atoms with Crippen molar-refractivity contribution in [3.05, 3.63) is 0 Å². The summed E-state index contributed by atoms with van der Waals surface area (Å²) in [5, 5.41) is 8.90. The largest absolute Gasteiger partial charge is 0.480 e. The third kappa shape index (κ3) is 2.69. The maximum atomic E-state index is 10.8. The highest BCUT2D eigenvalue weighted by atomic mass is 16.5. The molecule has 0 aliphatic carbocycles. The Kier molecular flexibility index (Phi) is 4.35. The van der Waals surface area contributed by atoms with Crippen LogP contribution in [0, 0.1) is 0 Å². The van der Waals surface area contributed by atoms with Gasteiger partial charge in [-0.2, -0.15) is 0 Å². The third-order valence-corrected chi connectivity index (χ3v) is 2.79. The molecule has 0 saturated carbocycles. The Labute approximate surface area is 84.8 Å². The molecule has 0 bridgehead atoms. The van der Waals surface area contributed by atoms with Crippen molar-refractivity contribution in [1.82, 2.24) is 4.90 Å². The minimum Gasteiger partial charge on any atom is -0.480 e. The van der Waals surface area contributed by atoms with Gasteiger partial charge >= 0.3 is 5.97 Å². The monoisotopic (exact) mass is 201 g/mol. The van der Waals surface area contributed by atoms with E-state index < -0.39 is 5.97 Å². The molecule has 4 heteroatoms. The molecule has 0 aromatic carbocycles. The Hall–Kier alpha value is -0.610. The summed E-state index contributed by atoms with van der Waals surface area (Å²) in [4.78, 5) is 12.8. The van der Waals surface area contributed by atoms with Crippen LogP contribution in [0.2, 0.25) is 0 Å². The molecule has 0 aromatic rings. The van der Waals surface area contributed by atoms with Gasteiger partial charge in [0.05, 0.1) is 6.61 Å². The number of carboxylic acid groups (broad SMARTS) is 1. The third-order valence-electron chi connectivity index (χ3n) is 2.79. The molecule has 1 saturated heterocycles. The first-order valence-corrected chi connectivity index (χ1v) is 5.23. The number of likely N-dealkylation sites (tertiary alicyclic amines) is 1. The first-order chi connectivity index (χ1) is 6.66. The summed E-state index contributed by atoms with van der Waals surface area (Å²) < 4.78 is 5.34. The Morgan fingerprint density at radius 3 is 3.00 bits per heavy atom. The number of nitrogens with zero attached hydrogens (tertiary/aromatic N) is 1. The van der Waals surface area contributed by atoms with E-state index in [-0.39, 0.29) is 6.04 Å². The second kappa shape index (κ2) is 5.32. The average molecular weight is 201 g/mol. The lowest BCUT2D eigenvalue weighted by atomic mass is 10.2. The van der Waals surface area contributed by atoms with Crippen molar-refractivity contribution in [2.75, 3.05) is 19.8 Å². The molecular formula is C10H19NO3. The van der Waals surface area contributed by atoms with Crippen LogP contribution in [0.1, 0.15) is 26.7 Å². The van der Waals surface area contributed by atoms with Crippen LogP contribution in [0.4, 0.5) is 0 Å². The molecule has 82 valence electrons. The van der Waals surface area contributed by atoms with Gasteiger partial charge in [-0.25, -0.2) is 0 Å². The predicted octanol–water partition coefficient (Wildman–Crippen LogP) is 0.960. The number of ether oxygens (including phenoxy) is 1. The number of rotatable bonds is 5. The normalized spacial score (nSPS) is 25.1. The quantitative estimate of drug-likeness (QED) is 0.719. The van der Waals surface area contributed by atoms with Crippen LogP contribution < -0.4 is 0 Å². The molecule has 4 nitrogen and oxygen atoms in total. The van der Waals surface area contributed by atoms with Crippen LogP contribution in [0.25, 0.3) is 0 Å². The molecular weight excluding hydrogens is 182 g/mol. The van der Waals surface area contributed by atoms with Crippen molar-refractivity contribution in [2.24, 2.45) is 0 Å². The zero-order valence-electron chi connectivity index (χ0n) is 8.90. The van der Waals surface area contributed by atoms with Crippen LogP contribution in [0.3, 0.4) is 0 Å². The van der Waals surface area contributed by atoms with E-state index in [9.17, 15) is 4.79 Å². The van der Waals surface area contributed by atoms with Gasteiger partial charge in [0.1, 0.15) is 6.04 Å². The van der Waals surface area contributed by atoms with Crippen LogP contribution >= 0.6 is 0 Å².